The Morgan fingerprint density at radius 3 is 2.39 bits per heavy atom. The minimum atomic E-state index is -3.55. The molecule has 2 saturated heterocycles. The van der Waals surface area contributed by atoms with Crippen LogP contribution in [0.2, 0.25) is 0 Å². The maximum absolute atomic E-state index is 12.8. The van der Waals surface area contributed by atoms with Crippen LogP contribution in [0.1, 0.15) is 26.2 Å². The Labute approximate surface area is 137 Å². The van der Waals surface area contributed by atoms with E-state index >= 15 is 0 Å². The summed E-state index contributed by atoms with van der Waals surface area (Å²) in [5.41, 5.74) is 0.828. The van der Waals surface area contributed by atoms with Gasteiger partial charge in [0.1, 0.15) is 6.04 Å². The number of likely N-dealkylation sites (N-methyl/N-ethyl adjacent to an activating group) is 1. The molecule has 3 rings (SSSR count). The van der Waals surface area contributed by atoms with Gasteiger partial charge in [0.15, 0.2) is 0 Å². The largest absolute Gasteiger partial charge is 0.311 e. The van der Waals surface area contributed by atoms with E-state index in [1.807, 2.05) is 30.3 Å². The van der Waals surface area contributed by atoms with Gasteiger partial charge in [-0.25, -0.2) is 0 Å². The minimum Gasteiger partial charge on any atom is -0.311 e. The highest BCUT2D eigenvalue weighted by molar-refractivity contribution is 7.86. The molecule has 2 heterocycles. The second-order valence-corrected chi connectivity index (χ2v) is 7.83. The van der Waals surface area contributed by atoms with Gasteiger partial charge in [-0.05, 0) is 31.4 Å². The zero-order valence-corrected chi connectivity index (χ0v) is 14.2. The van der Waals surface area contributed by atoms with Crippen molar-refractivity contribution in [2.24, 2.45) is 0 Å². The zero-order valence-electron chi connectivity index (χ0n) is 13.4. The van der Waals surface area contributed by atoms with Gasteiger partial charge in [0.05, 0.1) is 0 Å². The molecule has 0 saturated carbocycles. The van der Waals surface area contributed by atoms with Crippen molar-refractivity contribution in [3.63, 3.8) is 0 Å². The minimum absolute atomic E-state index is 0.124. The summed E-state index contributed by atoms with van der Waals surface area (Å²) in [6.45, 7) is 3.79. The van der Waals surface area contributed by atoms with Crippen LogP contribution in [0.5, 0.6) is 0 Å². The smallest absolute Gasteiger partial charge is 0.282 e. The number of carbonyl (C=O) groups excluding carboxylic acids is 1. The lowest BCUT2D eigenvalue weighted by atomic mass is 10.2. The molecule has 126 valence electrons. The Morgan fingerprint density at radius 1 is 1.13 bits per heavy atom. The highest BCUT2D eigenvalue weighted by Crippen LogP contribution is 2.27. The summed E-state index contributed by atoms with van der Waals surface area (Å²) in [5, 5.41) is 0. The number of para-hydroxylation sites is 1. The molecule has 2 aliphatic rings. The van der Waals surface area contributed by atoms with E-state index in [1.54, 1.807) is 11.8 Å². The molecule has 0 bridgehead atoms. The standard InChI is InChI=1S/C16H23N3O3S/c1-2-19(23(21,22)17-11-6-7-12-17)15-10-13-18(16(15)20)14-8-4-3-5-9-14/h3-5,8-9,15H,2,6-7,10-13H2,1H3/t15-/m0/s1. The van der Waals surface area contributed by atoms with Gasteiger partial charge in [-0.1, -0.05) is 25.1 Å². The zero-order chi connectivity index (χ0) is 16.4. The fourth-order valence-electron chi connectivity index (χ4n) is 3.41. The Kier molecular flexibility index (Phi) is 4.70. The Hall–Kier alpha value is -1.44. The monoisotopic (exact) mass is 337 g/mol. The molecule has 2 fully saturated rings. The summed E-state index contributed by atoms with van der Waals surface area (Å²) in [6, 6.07) is 8.84. The van der Waals surface area contributed by atoms with Crippen LogP contribution in [0.15, 0.2) is 30.3 Å². The third-order valence-electron chi connectivity index (χ3n) is 4.59. The number of hydrogen-bond donors (Lipinski definition) is 0. The highest BCUT2D eigenvalue weighted by atomic mass is 32.2. The number of amides is 1. The van der Waals surface area contributed by atoms with Crippen molar-refractivity contribution < 1.29 is 13.2 Å². The number of carbonyl (C=O) groups is 1. The number of anilines is 1. The first-order valence-electron chi connectivity index (χ1n) is 8.19. The normalized spacial score (nSPS) is 23.1. The number of hydrogen-bond acceptors (Lipinski definition) is 3. The number of benzene rings is 1. The average Bonchev–Trinajstić information content (AvgIpc) is 3.20. The molecule has 0 N–H and O–H groups in total. The van der Waals surface area contributed by atoms with E-state index in [-0.39, 0.29) is 5.91 Å². The second kappa shape index (κ2) is 6.59. The van der Waals surface area contributed by atoms with E-state index in [4.69, 9.17) is 0 Å². The van der Waals surface area contributed by atoms with E-state index in [2.05, 4.69) is 0 Å². The number of nitrogens with zero attached hydrogens (tertiary/aromatic N) is 3. The summed E-state index contributed by atoms with van der Waals surface area (Å²) in [5.74, 6) is -0.124. The van der Waals surface area contributed by atoms with Crippen molar-refractivity contribution in [1.82, 2.24) is 8.61 Å². The molecule has 1 amide bonds. The molecule has 1 aromatic carbocycles. The van der Waals surface area contributed by atoms with E-state index in [0.29, 0.717) is 32.6 Å². The molecule has 0 spiro atoms. The van der Waals surface area contributed by atoms with Gasteiger partial charge >= 0.3 is 0 Å². The third kappa shape index (κ3) is 3.00. The van der Waals surface area contributed by atoms with E-state index in [0.717, 1.165) is 18.5 Å². The van der Waals surface area contributed by atoms with E-state index in [1.165, 1.54) is 8.61 Å². The van der Waals surface area contributed by atoms with Gasteiger partial charge in [-0.3, -0.25) is 4.79 Å². The maximum atomic E-state index is 12.8. The molecule has 1 atom stereocenters. The van der Waals surface area contributed by atoms with Gasteiger partial charge in [0, 0.05) is 31.9 Å². The topological polar surface area (TPSA) is 60.9 Å². The summed E-state index contributed by atoms with van der Waals surface area (Å²) in [4.78, 5) is 14.5. The van der Waals surface area contributed by atoms with Crippen molar-refractivity contribution >= 4 is 21.8 Å². The lowest BCUT2D eigenvalue weighted by molar-refractivity contribution is -0.120. The summed E-state index contributed by atoms with van der Waals surface area (Å²) < 4.78 is 28.5. The van der Waals surface area contributed by atoms with Gasteiger partial charge in [0.25, 0.3) is 10.2 Å². The maximum Gasteiger partial charge on any atom is 0.282 e. The van der Waals surface area contributed by atoms with Gasteiger partial charge in [-0.2, -0.15) is 17.0 Å². The average molecular weight is 337 g/mol. The molecule has 0 unspecified atom stereocenters. The Bertz CT molecular complexity index is 656. The molecule has 1 aromatic rings. The van der Waals surface area contributed by atoms with Crippen molar-refractivity contribution in [2.75, 3.05) is 31.1 Å². The van der Waals surface area contributed by atoms with Gasteiger partial charge < -0.3 is 4.90 Å². The van der Waals surface area contributed by atoms with E-state index in [9.17, 15) is 13.2 Å². The first kappa shape index (κ1) is 16.4. The molecular weight excluding hydrogens is 314 g/mol. The Balaban J connectivity index is 1.81. The predicted octanol–water partition coefficient (Wildman–Crippen LogP) is 1.45. The van der Waals surface area contributed by atoms with Crippen LogP contribution in [-0.2, 0) is 15.0 Å². The van der Waals surface area contributed by atoms with Crippen molar-refractivity contribution in [3.05, 3.63) is 30.3 Å². The second-order valence-electron chi connectivity index (χ2n) is 5.95. The predicted molar refractivity (Wildman–Crippen MR) is 89.3 cm³/mol. The molecule has 23 heavy (non-hydrogen) atoms. The lowest BCUT2D eigenvalue weighted by Gasteiger charge is -2.30. The van der Waals surface area contributed by atoms with Crippen LogP contribution in [0, 0.1) is 0 Å². The van der Waals surface area contributed by atoms with Crippen LogP contribution in [0.4, 0.5) is 5.69 Å². The first-order chi connectivity index (χ1) is 11.1. The molecule has 0 aliphatic carbocycles. The van der Waals surface area contributed by atoms with Crippen LogP contribution in [0.3, 0.4) is 0 Å². The van der Waals surface area contributed by atoms with Gasteiger partial charge in [-0.15, -0.1) is 0 Å². The van der Waals surface area contributed by atoms with Crippen molar-refractivity contribution in [2.45, 2.75) is 32.2 Å². The number of rotatable bonds is 5. The first-order valence-corrected chi connectivity index (χ1v) is 9.58. The SMILES string of the molecule is CCN([C@H]1CCN(c2ccccc2)C1=O)S(=O)(=O)N1CCCC1. The third-order valence-corrected chi connectivity index (χ3v) is 6.72. The van der Waals surface area contributed by atoms with Crippen LogP contribution in [-0.4, -0.2) is 55.2 Å². The molecule has 7 heteroatoms. The fourth-order valence-corrected chi connectivity index (χ4v) is 5.27. The summed E-state index contributed by atoms with van der Waals surface area (Å²) >= 11 is 0. The van der Waals surface area contributed by atoms with Crippen molar-refractivity contribution in [1.29, 1.82) is 0 Å². The quantitative estimate of drug-likeness (QED) is 0.817. The summed E-state index contributed by atoms with van der Waals surface area (Å²) in [6.07, 6.45) is 2.33. The van der Waals surface area contributed by atoms with Gasteiger partial charge in [0.2, 0.25) is 5.91 Å². The molecule has 0 aromatic heterocycles. The summed E-state index contributed by atoms with van der Waals surface area (Å²) in [7, 11) is -3.55. The molecular formula is C16H23N3O3S. The molecule has 0 radical (unpaired) electrons. The molecule has 2 aliphatic heterocycles. The lowest BCUT2D eigenvalue weighted by Crippen LogP contribution is -2.50. The van der Waals surface area contributed by atoms with Crippen molar-refractivity contribution in [3.8, 4) is 0 Å². The highest BCUT2D eigenvalue weighted by Gasteiger charge is 2.43. The molecule has 6 nitrogen and oxygen atoms in total. The Morgan fingerprint density at radius 2 is 1.78 bits per heavy atom. The van der Waals surface area contributed by atoms with Crippen LogP contribution in [0.25, 0.3) is 0 Å². The van der Waals surface area contributed by atoms with E-state index < -0.39 is 16.3 Å². The fraction of sp³-hybridized carbons (Fsp3) is 0.562. The van der Waals surface area contributed by atoms with Crippen LogP contribution >= 0.6 is 0 Å². The van der Waals surface area contributed by atoms with Crippen LogP contribution < -0.4 is 4.90 Å².